The van der Waals surface area contributed by atoms with E-state index in [0.717, 1.165) is 17.5 Å². The van der Waals surface area contributed by atoms with Crippen molar-refractivity contribution in [3.8, 4) is 0 Å². The Morgan fingerprint density at radius 3 is 2.19 bits per heavy atom. The maximum absolute atomic E-state index is 11.2. The number of hydrogen-bond acceptors (Lipinski definition) is 6. The SMILES string of the molecule is CCc1ccc(Cc2cc([C@H]3[C@H](O)[C@@H](O)[C@H](O)[C@@H](COC(C)=O)[C@@H]3O)ccc2Cl)cc1. The number of rotatable bonds is 6. The predicted octanol–water partition coefficient (Wildman–Crippen LogP) is 2.21. The van der Waals surface area contributed by atoms with Gasteiger partial charge in [0.15, 0.2) is 0 Å². The highest BCUT2D eigenvalue weighted by Crippen LogP contribution is 2.39. The quantitative estimate of drug-likeness (QED) is 0.505. The molecule has 1 aliphatic carbocycles. The van der Waals surface area contributed by atoms with Crippen LogP contribution in [0.15, 0.2) is 42.5 Å². The zero-order valence-corrected chi connectivity index (χ0v) is 18.4. The molecule has 0 aliphatic heterocycles. The lowest BCUT2D eigenvalue weighted by Gasteiger charge is -2.44. The zero-order chi connectivity index (χ0) is 22.7. The van der Waals surface area contributed by atoms with Crippen molar-refractivity contribution in [1.82, 2.24) is 0 Å². The second-order valence-corrected chi connectivity index (χ2v) is 8.56. The summed E-state index contributed by atoms with van der Waals surface area (Å²) >= 11 is 6.41. The highest BCUT2D eigenvalue weighted by Gasteiger charge is 2.49. The minimum Gasteiger partial charge on any atom is -0.465 e. The Balaban J connectivity index is 1.88. The molecule has 168 valence electrons. The van der Waals surface area contributed by atoms with Crippen molar-refractivity contribution in [2.75, 3.05) is 6.61 Å². The van der Waals surface area contributed by atoms with E-state index >= 15 is 0 Å². The summed E-state index contributed by atoms with van der Waals surface area (Å²) in [5, 5.41) is 42.8. The van der Waals surface area contributed by atoms with Gasteiger partial charge in [-0.15, -0.1) is 0 Å². The maximum Gasteiger partial charge on any atom is 0.302 e. The zero-order valence-electron chi connectivity index (χ0n) is 17.6. The monoisotopic (exact) mass is 448 g/mol. The smallest absolute Gasteiger partial charge is 0.302 e. The molecule has 0 unspecified atom stereocenters. The molecular weight excluding hydrogens is 420 g/mol. The summed E-state index contributed by atoms with van der Waals surface area (Å²) in [6.45, 7) is 3.06. The second kappa shape index (κ2) is 10.1. The van der Waals surface area contributed by atoms with Gasteiger partial charge in [-0.05, 0) is 41.2 Å². The van der Waals surface area contributed by atoms with Crippen molar-refractivity contribution in [3.05, 3.63) is 69.7 Å². The molecule has 0 heterocycles. The van der Waals surface area contributed by atoms with E-state index in [2.05, 4.69) is 19.1 Å². The summed E-state index contributed by atoms with van der Waals surface area (Å²) in [5.41, 5.74) is 3.72. The Bertz CT molecular complexity index is 899. The Labute approximate surface area is 187 Å². The lowest BCUT2D eigenvalue weighted by atomic mass is 9.70. The van der Waals surface area contributed by atoms with E-state index in [1.807, 2.05) is 12.1 Å². The third kappa shape index (κ3) is 5.27. The Kier molecular flexibility index (Phi) is 7.73. The number of esters is 1. The number of aliphatic hydroxyl groups is 4. The summed E-state index contributed by atoms with van der Waals surface area (Å²) < 4.78 is 4.96. The van der Waals surface area contributed by atoms with Crippen molar-refractivity contribution in [2.24, 2.45) is 5.92 Å². The van der Waals surface area contributed by atoms with Crippen LogP contribution in [0.3, 0.4) is 0 Å². The van der Waals surface area contributed by atoms with Crippen LogP contribution in [0.4, 0.5) is 0 Å². The van der Waals surface area contributed by atoms with E-state index < -0.39 is 42.2 Å². The first-order chi connectivity index (χ1) is 14.7. The van der Waals surface area contributed by atoms with Crippen LogP contribution in [0.25, 0.3) is 0 Å². The topological polar surface area (TPSA) is 107 Å². The van der Waals surface area contributed by atoms with Crippen molar-refractivity contribution in [1.29, 1.82) is 0 Å². The average molecular weight is 449 g/mol. The molecule has 0 amide bonds. The van der Waals surface area contributed by atoms with Gasteiger partial charge in [-0.25, -0.2) is 0 Å². The largest absolute Gasteiger partial charge is 0.465 e. The molecule has 4 N–H and O–H groups in total. The fourth-order valence-corrected chi connectivity index (χ4v) is 4.38. The number of benzene rings is 2. The van der Waals surface area contributed by atoms with Gasteiger partial charge in [0.2, 0.25) is 0 Å². The predicted molar refractivity (Wildman–Crippen MR) is 117 cm³/mol. The van der Waals surface area contributed by atoms with E-state index in [4.69, 9.17) is 16.3 Å². The lowest BCUT2D eigenvalue weighted by molar-refractivity contribution is -0.178. The third-order valence-corrected chi connectivity index (χ3v) is 6.44. The average Bonchev–Trinajstić information content (AvgIpc) is 2.74. The standard InChI is InChI=1S/C24H29ClO6/c1-3-14-4-6-15(7-5-14)10-17-11-16(8-9-19(17)25)20-21(27)18(12-31-13(2)26)22(28)24(30)23(20)29/h4-9,11,18,20-24,27-30H,3,10,12H2,1-2H3/t18-,20+,21-,22+,23-,24-/m0/s1. The van der Waals surface area contributed by atoms with Gasteiger partial charge in [0.1, 0.15) is 6.10 Å². The van der Waals surface area contributed by atoms with Crippen LogP contribution in [-0.2, 0) is 22.4 Å². The highest BCUT2D eigenvalue weighted by atomic mass is 35.5. The molecule has 6 atom stereocenters. The second-order valence-electron chi connectivity index (χ2n) is 8.15. The molecular formula is C24H29ClO6. The van der Waals surface area contributed by atoms with E-state index in [1.54, 1.807) is 18.2 Å². The number of aryl methyl sites for hydroxylation is 1. The Morgan fingerprint density at radius 2 is 1.58 bits per heavy atom. The molecule has 31 heavy (non-hydrogen) atoms. The van der Waals surface area contributed by atoms with Crippen LogP contribution in [0.2, 0.25) is 5.02 Å². The first-order valence-corrected chi connectivity index (χ1v) is 10.8. The molecule has 0 aromatic heterocycles. The number of hydrogen-bond donors (Lipinski definition) is 4. The van der Waals surface area contributed by atoms with Crippen LogP contribution >= 0.6 is 11.6 Å². The highest BCUT2D eigenvalue weighted by molar-refractivity contribution is 6.31. The van der Waals surface area contributed by atoms with Gasteiger partial charge in [0.05, 0.1) is 24.9 Å². The molecule has 2 aromatic rings. The molecule has 2 aromatic carbocycles. The molecule has 0 radical (unpaired) electrons. The number of ether oxygens (including phenoxy) is 1. The third-order valence-electron chi connectivity index (χ3n) is 6.07. The summed E-state index contributed by atoms with van der Waals surface area (Å²) in [7, 11) is 0. The van der Waals surface area contributed by atoms with Gasteiger partial charge in [-0.1, -0.05) is 54.9 Å². The Morgan fingerprint density at radius 1 is 0.935 bits per heavy atom. The van der Waals surface area contributed by atoms with Crippen molar-refractivity contribution >= 4 is 17.6 Å². The van der Waals surface area contributed by atoms with Gasteiger partial charge in [0, 0.05) is 23.8 Å². The molecule has 1 fully saturated rings. The first-order valence-electron chi connectivity index (χ1n) is 10.4. The van der Waals surface area contributed by atoms with Crippen molar-refractivity contribution in [2.45, 2.75) is 57.0 Å². The maximum atomic E-state index is 11.2. The van der Waals surface area contributed by atoms with E-state index in [1.165, 1.54) is 12.5 Å². The molecule has 3 rings (SSSR count). The molecule has 0 saturated heterocycles. The van der Waals surface area contributed by atoms with Gasteiger partial charge in [-0.3, -0.25) is 4.79 Å². The minimum absolute atomic E-state index is 0.262. The summed E-state index contributed by atoms with van der Waals surface area (Å²) in [6, 6.07) is 13.4. The molecule has 0 spiro atoms. The lowest BCUT2D eigenvalue weighted by Crippen LogP contribution is -2.58. The number of aliphatic hydroxyl groups excluding tert-OH is 4. The number of halogens is 1. The Hall–Kier alpha value is -1.96. The van der Waals surface area contributed by atoms with Gasteiger partial charge in [0.25, 0.3) is 0 Å². The molecule has 1 saturated carbocycles. The summed E-state index contributed by atoms with van der Waals surface area (Å²) in [6.07, 6.45) is -4.02. The molecule has 7 heteroatoms. The van der Waals surface area contributed by atoms with Crippen LogP contribution in [0, 0.1) is 5.92 Å². The minimum atomic E-state index is -1.49. The van der Waals surface area contributed by atoms with Gasteiger partial charge in [-0.2, -0.15) is 0 Å². The first kappa shape index (κ1) is 23.7. The van der Waals surface area contributed by atoms with E-state index in [-0.39, 0.29) is 6.61 Å². The number of carbonyl (C=O) groups is 1. The molecule has 6 nitrogen and oxygen atoms in total. The fraction of sp³-hybridized carbons (Fsp3) is 0.458. The fourth-order valence-electron chi connectivity index (χ4n) is 4.19. The summed E-state index contributed by atoms with van der Waals surface area (Å²) in [5.74, 6) is -2.37. The number of carbonyl (C=O) groups excluding carboxylic acids is 1. The molecule has 1 aliphatic rings. The van der Waals surface area contributed by atoms with E-state index in [9.17, 15) is 25.2 Å². The molecule has 0 bridgehead atoms. The van der Waals surface area contributed by atoms with E-state index in [0.29, 0.717) is 17.0 Å². The van der Waals surface area contributed by atoms with Crippen molar-refractivity contribution in [3.63, 3.8) is 0 Å². The van der Waals surface area contributed by atoms with Crippen molar-refractivity contribution < 1.29 is 30.0 Å². The van der Waals surface area contributed by atoms with Gasteiger partial charge >= 0.3 is 5.97 Å². The normalized spacial score (nSPS) is 28.4. The van der Waals surface area contributed by atoms with Crippen LogP contribution in [-0.4, -0.2) is 57.4 Å². The van der Waals surface area contributed by atoms with Crippen LogP contribution in [0.1, 0.15) is 42.0 Å². The summed E-state index contributed by atoms with van der Waals surface area (Å²) in [4.78, 5) is 11.2. The van der Waals surface area contributed by atoms with Gasteiger partial charge < -0.3 is 25.2 Å². The van der Waals surface area contributed by atoms with Crippen LogP contribution in [0.5, 0.6) is 0 Å². The van der Waals surface area contributed by atoms with Crippen LogP contribution < -0.4 is 0 Å².